The van der Waals surface area contributed by atoms with E-state index in [0.717, 1.165) is 31.6 Å². The zero-order chi connectivity index (χ0) is 25.6. The van der Waals surface area contributed by atoms with Crippen molar-refractivity contribution >= 4 is 5.69 Å². The topological polar surface area (TPSA) is 3.24 Å². The van der Waals surface area contributed by atoms with Gasteiger partial charge in [-0.1, -0.05) is 129 Å². The normalized spacial score (nSPS) is 11.8. The van der Waals surface area contributed by atoms with Crippen LogP contribution < -0.4 is 4.90 Å². The standard InChI is InChI=1S/C31H54F3N/c1-3-5-7-9-11-13-15-17-19-21-27-35(30-25-23-29(24-26-30)31(32,33)34)28-22-20-18-16-14-12-10-8-6-4-2/h23-26H,3-22,27-28H2,1-2H3. The second kappa shape index (κ2) is 20.9. The number of anilines is 1. The fourth-order valence-corrected chi connectivity index (χ4v) is 4.81. The van der Waals surface area contributed by atoms with E-state index in [4.69, 9.17) is 0 Å². The van der Waals surface area contributed by atoms with Crippen LogP contribution in [-0.4, -0.2) is 13.1 Å². The Morgan fingerprint density at radius 1 is 0.486 bits per heavy atom. The predicted molar refractivity (Wildman–Crippen MR) is 147 cm³/mol. The first-order chi connectivity index (χ1) is 17.0. The third kappa shape index (κ3) is 17.0. The Morgan fingerprint density at radius 2 is 0.800 bits per heavy atom. The van der Waals surface area contributed by atoms with Crippen molar-refractivity contribution in [1.82, 2.24) is 0 Å². The molecule has 0 aromatic heterocycles. The van der Waals surface area contributed by atoms with Crippen molar-refractivity contribution in [2.75, 3.05) is 18.0 Å². The monoisotopic (exact) mass is 497 g/mol. The van der Waals surface area contributed by atoms with Crippen LogP contribution in [0.4, 0.5) is 18.9 Å². The van der Waals surface area contributed by atoms with Gasteiger partial charge in [-0.05, 0) is 37.1 Å². The Bertz CT molecular complexity index is 558. The minimum Gasteiger partial charge on any atom is -0.372 e. The molecule has 1 aromatic carbocycles. The Hall–Kier alpha value is -1.19. The van der Waals surface area contributed by atoms with Gasteiger partial charge in [0.1, 0.15) is 0 Å². The van der Waals surface area contributed by atoms with Gasteiger partial charge in [0.25, 0.3) is 0 Å². The molecule has 0 heterocycles. The average Bonchev–Trinajstić information content (AvgIpc) is 2.84. The van der Waals surface area contributed by atoms with Gasteiger partial charge >= 0.3 is 6.18 Å². The van der Waals surface area contributed by atoms with Crippen LogP contribution in [0.2, 0.25) is 0 Å². The van der Waals surface area contributed by atoms with Gasteiger partial charge in [0.05, 0.1) is 5.56 Å². The van der Waals surface area contributed by atoms with Crippen LogP contribution in [0.25, 0.3) is 0 Å². The smallest absolute Gasteiger partial charge is 0.372 e. The first kappa shape index (κ1) is 31.8. The maximum Gasteiger partial charge on any atom is 0.416 e. The molecule has 4 heteroatoms. The van der Waals surface area contributed by atoms with Gasteiger partial charge in [0.15, 0.2) is 0 Å². The van der Waals surface area contributed by atoms with Gasteiger partial charge in [0, 0.05) is 18.8 Å². The third-order valence-electron chi connectivity index (χ3n) is 7.12. The number of benzene rings is 1. The minimum atomic E-state index is -4.27. The molecule has 0 N–H and O–H groups in total. The molecule has 0 aliphatic carbocycles. The van der Waals surface area contributed by atoms with Gasteiger partial charge in [-0.3, -0.25) is 0 Å². The first-order valence-electron chi connectivity index (χ1n) is 14.9. The summed E-state index contributed by atoms with van der Waals surface area (Å²) in [5, 5.41) is 0. The highest BCUT2D eigenvalue weighted by Gasteiger charge is 2.30. The number of hydrogen-bond acceptors (Lipinski definition) is 1. The highest BCUT2D eigenvalue weighted by atomic mass is 19.4. The minimum absolute atomic E-state index is 0.556. The lowest BCUT2D eigenvalue weighted by atomic mass is 10.1. The molecule has 0 aliphatic heterocycles. The van der Waals surface area contributed by atoms with E-state index in [2.05, 4.69) is 18.7 Å². The summed E-state index contributed by atoms with van der Waals surface area (Å²) in [6.45, 7) is 6.40. The van der Waals surface area contributed by atoms with Crippen LogP contribution >= 0.6 is 0 Å². The molecule has 0 fully saturated rings. The molecule has 0 saturated carbocycles. The van der Waals surface area contributed by atoms with Crippen molar-refractivity contribution in [1.29, 1.82) is 0 Å². The van der Waals surface area contributed by atoms with Gasteiger partial charge < -0.3 is 4.90 Å². The van der Waals surface area contributed by atoms with Crippen LogP contribution in [0.3, 0.4) is 0 Å². The van der Waals surface area contributed by atoms with Crippen LogP contribution in [0.1, 0.15) is 148 Å². The summed E-state index contributed by atoms with van der Waals surface area (Å²) >= 11 is 0. The zero-order valence-corrected chi connectivity index (χ0v) is 22.9. The summed E-state index contributed by atoms with van der Waals surface area (Å²) in [6, 6.07) is 5.80. The SMILES string of the molecule is CCCCCCCCCCCCN(CCCCCCCCCCCC)c1ccc(C(F)(F)F)cc1. The van der Waals surface area contributed by atoms with E-state index in [0.29, 0.717) is 0 Å². The van der Waals surface area contributed by atoms with E-state index in [-0.39, 0.29) is 0 Å². The molecule has 1 aromatic rings. The van der Waals surface area contributed by atoms with Crippen molar-refractivity contribution < 1.29 is 13.2 Å². The molecular weight excluding hydrogens is 443 g/mol. The third-order valence-corrected chi connectivity index (χ3v) is 7.12. The fraction of sp³-hybridized carbons (Fsp3) is 0.806. The maximum absolute atomic E-state index is 13.0. The van der Waals surface area contributed by atoms with Gasteiger partial charge in [-0.15, -0.1) is 0 Å². The lowest BCUT2D eigenvalue weighted by Gasteiger charge is -2.25. The Balaban J connectivity index is 2.34. The molecule has 0 unspecified atom stereocenters. The maximum atomic E-state index is 13.0. The molecule has 1 nitrogen and oxygen atoms in total. The molecule has 0 saturated heterocycles. The van der Waals surface area contributed by atoms with Crippen molar-refractivity contribution in [3.63, 3.8) is 0 Å². The lowest BCUT2D eigenvalue weighted by molar-refractivity contribution is -0.137. The van der Waals surface area contributed by atoms with E-state index < -0.39 is 11.7 Å². The predicted octanol–water partition coefficient (Wildman–Crippen LogP) is 11.4. The highest BCUT2D eigenvalue weighted by molar-refractivity contribution is 5.48. The molecule has 0 bridgehead atoms. The van der Waals surface area contributed by atoms with E-state index in [9.17, 15) is 13.2 Å². The number of nitrogens with zero attached hydrogens (tertiary/aromatic N) is 1. The van der Waals surface area contributed by atoms with Gasteiger partial charge in [0.2, 0.25) is 0 Å². The molecule has 204 valence electrons. The largest absolute Gasteiger partial charge is 0.416 e. The quantitative estimate of drug-likeness (QED) is 0.136. The second-order valence-electron chi connectivity index (χ2n) is 10.4. The second-order valence-corrected chi connectivity index (χ2v) is 10.4. The molecule has 0 aliphatic rings. The van der Waals surface area contributed by atoms with Crippen LogP contribution in [0, 0.1) is 0 Å². The highest BCUT2D eigenvalue weighted by Crippen LogP contribution is 2.30. The number of alkyl halides is 3. The summed E-state index contributed by atoms with van der Waals surface area (Å²) in [6.07, 6.45) is 21.8. The molecule has 0 amide bonds. The summed E-state index contributed by atoms with van der Waals surface area (Å²) in [4.78, 5) is 2.32. The van der Waals surface area contributed by atoms with Gasteiger partial charge in [-0.25, -0.2) is 0 Å². The number of rotatable bonds is 23. The first-order valence-corrected chi connectivity index (χ1v) is 14.9. The Kier molecular flexibility index (Phi) is 19.1. The molecular formula is C31H54F3N. The molecule has 0 spiro atoms. The molecule has 0 atom stereocenters. The van der Waals surface area contributed by atoms with Crippen molar-refractivity contribution in [3.05, 3.63) is 29.8 Å². The van der Waals surface area contributed by atoms with E-state index in [1.807, 2.05) is 0 Å². The van der Waals surface area contributed by atoms with Crippen molar-refractivity contribution in [3.8, 4) is 0 Å². The summed E-state index contributed by atoms with van der Waals surface area (Å²) in [5.41, 5.74) is 0.379. The average molecular weight is 498 g/mol. The van der Waals surface area contributed by atoms with E-state index >= 15 is 0 Å². The number of hydrogen-bond donors (Lipinski definition) is 0. The lowest BCUT2D eigenvalue weighted by Crippen LogP contribution is -2.25. The number of unbranched alkanes of at least 4 members (excludes halogenated alkanes) is 18. The van der Waals surface area contributed by atoms with Crippen LogP contribution in [-0.2, 0) is 6.18 Å². The van der Waals surface area contributed by atoms with Crippen molar-refractivity contribution in [2.45, 2.75) is 148 Å². The van der Waals surface area contributed by atoms with E-state index in [1.54, 1.807) is 12.1 Å². The zero-order valence-electron chi connectivity index (χ0n) is 22.9. The molecule has 35 heavy (non-hydrogen) atoms. The van der Waals surface area contributed by atoms with Crippen LogP contribution in [0.5, 0.6) is 0 Å². The molecule has 0 radical (unpaired) electrons. The summed E-state index contributed by atoms with van der Waals surface area (Å²) in [5.74, 6) is 0. The Labute approximate surface area is 215 Å². The molecule has 1 rings (SSSR count). The summed E-state index contributed by atoms with van der Waals surface area (Å²) in [7, 11) is 0. The van der Waals surface area contributed by atoms with Crippen molar-refractivity contribution in [2.24, 2.45) is 0 Å². The summed E-state index contributed by atoms with van der Waals surface area (Å²) < 4.78 is 38.9. The Morgan fingerprint density at radius 3 is 1.11 bits per heavy atom. The number of halogens is 3. The van der Waals surface area contributed by atoms with Gasteiger partial charge in [-0.2, -0.15) is 13.2 Å². The van der Waals surface area contributed by atoms with Crippen LogP contribution in [0.15, 0.2) is 24.3 Å². The fourth-order valence-electron chi connectivity index (χ4n) is 4.81. The van der Waals surface area contributed by atoms with E-state index in [1.165, 1.54) is 128 Å².